The zero-order valence-electron chi connectivity index (χ0n) is 9.39. The first-order valence-corrected chi connectivity index (χ1v) is 6.27. The fourth-order valence-corrected chi connectivity index (χ4v) is 2.32. The summed E-state index contributed by atoms with van der Waals surface area (Å²) in [5.41, 5.74) is 7.82. The van der Waals surface area contributed by atoms with Gasteiger partial charge in [0.2, 0.25) is 0 Å². The molecular formula is C11H12BrN5. The van der Waals surface area contributed by atoms with Crippen molar-refractivity contribution in [1.82, 2.24) is 19.7 Å². The van der Waals surface area contributed by atoms with Crippen molar-refractivity contribution in [2.45, 2.75) is 18.8 Å². The highest BCUT2D eigenvalue weighted by atomic mass is 79.9. The second-order valence-corrected chi connectivity index (χ2v) is 5.04. The van der Waals surface area contributed by atoms with E-state index in [9.17, 15) is 0 Å². The first-order valence-electron chi connectivity index (χ1n) is 5.48. The molecule has 6 heteroatoms. The maximum absolute atomic E-state index is 5.92. The number of hydrogen-bond donors (Lipinski definition) is 1. The highest BCUT2D eigenvalue weighted by molar-refractivity contribution is 9.10. The summed E-state index contributed by atoms with van der Waals surface area (Å²) in [4.78, 5) is 8.91. The van der Waals surface area contributed by atoms with Crippen LogP contribution in [0.3, 0.4) is 0 Å². The van der Waals surface area contributed by atoms with Crippen LogP contribution in [0.1, 0.15) is 24.5 Å². The zero-order valence-corrected chi connectivity index (χ0v) is 11.0. The number of nitrogens with two attached hydrogens (primary N) is 1. The van der Waals surface area contributed by atoms with Gasteiger partial charge in [-0.05, 0) is 34.8 Å². The second-order valence-electron chi connectivity index (χ2n) is 4.25. The molecule has 88 valence electrons. The first kappa shape index (κ1) is 10.7. The number of aryl methyl sites for hydroxylation is 1. The topological polar surface area (TPSA) is 69.6 Å². The summed E-state index contributed by atoms with van der Waals surface area (Å²) < 4.78 is 2.59. The molecule has 2 aromatic heterocycles. The summed E-state index contributed by atoms with van der Waals surface area (Å²) in [6, 6.07) is 1.89. The number of anilines is 1. The monoisotopic (exact) mass is 293 g/mol. The fraction of sp³-hybridized carbons (Fsp3) is 0.364. The third-order valence-corrected chi connectivity index (χ3v) is 3.73. The third kappa shape index (κ3) is 1.82. The van der Waals surface area contributed by atoms with Gasteiger partial charge in [0.15, 0.2) is 5.82 Å². The van der Waals surface area contributed by atoms with E-state index in [0.717, 1.165) is 15.9 Å². The highest BCUT2D eigenvalue weighted by Crippen LogP contribution is 2.43. The SMILES string of the molecule is Cn1nccc1-c1nc(N)c(Br)c(C2CC2)n1. The van der Waals surface area contributed by atoms with Gasteiger partial charge >= 0.3 is 0 Å². The standard InChI is InChI=1S/C11H12BrN5/c1-17-7(4-5-14-17)11-15-9(6-2-3-6)8(12)10(13)16-11/h4-6H,2-3H2,1H3,(H2,13,15,16). The average Bonchev–Trinajstić information content (AvgIpc) is 3.05. The predicted octanol–water partition coefficient (Wildman–Crippen LogP) is 2.10. The molecule has 2 N–H and O–H groups in total. The van der Waals surface area contributed by atoms with Crippen molar-refractivity contribution >= 4 is 21.7 Å². The lowest BCUT2D eigenvalue weighted by Crippen LogP contribution is -2.04. The molecule has 0 amide bonds. The number of halogens is 1. The zero-order chi connectivity index (χ0) is 12.0. The van der Waals surface area contributed by atoms with E-state index in [4.69, 9.17) is 5.73 Å². The molecule has 1 aliphatic carbocycles. The van der Waals surface area contributed by atoms with Gasteiger partial charge in [0, 0.05) is 19.2 Å². The van der Waals surface area contributed by atoms with E-state index in [0.29, 0.717) is 17.6 Å². The molecule has 0 radical (unpaired) electrons. The van der Waals surface area contributed by atoms with Crippen LogP contribution >= 0.6 is 15.9 Å². The smallest absolute Gasteiger partial charge is 0.180 e. The normalized spacial score (nSPS) is 15.2. The Kier molecular flexibility index (Phi) is 2.39. The van der Waals surface area contributed by atoms with Gasteiger partial charge < -0.3 is 5.73 Å². The molecule has 1 aliphatic rings. The van der Waals surface area contributed by atoms with Gasteiger partial charge in [-0.2, -0.15) is 5.10 Å². The molecule has 0 bridgehead atoms. The van der Waals surface area contributed by atoms with Gasteiger partial charge in [0.05, 0.1) is 10.2 Å². The Hall–Kier alpha value is -1.43. The Labute approximate surface area is 107 Å². The van der Waals surface area contributed by atoms with Crippen molar-refractivity contribution in [3.05, 3.63) is 22.4 Å². The Bertz CT molecular complexity index is 573. The molecule has 0 atom stereocenters. The minimum atomic E-state index is 0.498. The minimum Gasteiger partial charge on any atom is -0.383 e. The molecule has 0 aromatic carbocycles. The van der Waals surface area contributed by atoms with Crippen molar-refractivity contribution in [3.8, 4) is 11.5 Å². The highest BCUT2D eigenvalue weighted by Gasteiger charge is 2.29. The molecule has 17 heavy (non-hydrogen) atoms. The van der Waals surface area contributed by atoms with Crippen LogP contribution in [0.2, 0.25) is 0 Å². The maximum Gasteiger partial charge on any atom is 0.180 e. The van der Waals surface area contributed by atoms with Crippen LogP contribution in [0.5, 0.6) is 0 Å². The van der Waals surface area contributed by atoms with Crippen molar-refractivity contribution < 1.29 is 0 Å². The van der Waals surface area contributed by atoms with Crippen LogP contribution in [0, 0.1) is 0 Å². The van der Waals surface area contributed by atoms with Crippen LogP contribution < -0.4 is 5.73 Å². The molecule has 0 aliphatic heterocycles. The van der Waals surface area contributed by atoms with E-state index in [1.165, 1.54) is 12.8 Å². The van der Waals surface area contributed by atoms with Crippen LogP contribution in [0.25, 0.3) is 11.5 Å². The van der Waals surface area contributed by atoms with Crippen molar-refractivity contribution in [2.75, 3.05) is 5.73 Å². The van der Waals surface area contributed by atoms with E-state index >= 15 is 0 Å². The molecule has 5 nitrogen and oxygen atoms in total. The molecule has 1 fully saturated rings. The Morgan fingerprint density at radius 1 is 1.41 bits per heavy atom. The van der Waals surface area contributed by atoms with Gasteiger partial charge in [0.25, 0.3) is 0 Å². The number of hydrogen-bond acceptors (Lipinski definition) is 4. The summed E-state index contributed by atoms with van der Waals surface area (Å²) in [7, 11) is 1.87. The number of nitrogen functional groups attached to an aromatic ring is 1. The van der Waals surface area contributed by atoms with E-state index in [2.05, 4.69) is 31.0 Å². The fourth-order valence-electron chi connectivity index (χ4n) is 1.82. The molecule has 0 saturated heterocycles. The summed E-state index contributed by atoms with van der Waals surface area (Å²) in [5, 5.41) is 4.12. The minimum absolute atomic E-state index is 0.498. The van der Waals surface area contributed by atoms with Gasteiger partial charge in [-0.3, -0.25) is 4.68 Å². The molecule has 0 spiro atoms. The molecule has 1 saturated carbocycles. The van der Waals surface area contributed by atoms with Crippen LogP contribution in [-0.2, 0) is 7.05 Å². The summed E-state index contributed by atoms with van der Waals surface area (Å²) in [6.07, 6.45) is 4.09. The third-order valence-electron chi connectivity index (χ3n) is 2.92. The predicted molar refractivity (Wildman–Crippen MR) is 68.3 cm³/mol. The number of rotatable bonds is 2. The van der Waals surface area contributed by atoms with E-state index in [1.54, 1.807) is 10.9 Å². The maximum atomic E-state index is 5.92. The van der Waals surface area contributed by atoms with Gasteiger partial charge in [-0.15, -0.1) is 0 Å². The van der Waals surface area contributed by atoms with Gasteiger partial charge in [-0.1, -0.05) is 0 Å². The molecule has 2 aromatic rings. The van der Waals surface area contributed by atoms with E-state index in [-0.39, 0.29) is 0 Å². The second kappa shape index (κ2) is 3.80. The summed E-state index contributed by atoms with van der Waals surface area (Å²) >= 11 is 3.46. The Balaban J connectivity index is 2.15. The van der Waals surface area contributed by atoms with Crippen LogP contribution in [-0.4, -0.2) is 19.7 Å². The van der Waals surface area contributed by atoms with Crippen LogP contribution in [0.4, 0.5) is 5.82 Å². The largest absolute Gasteiger partial charge is 0.383 e. The Morgan fingerprint density at radius 2 is 2.18 bits per heavy atom. The summed E-state index contributed by atoms with van der Waals surface area (Å²) in [6.45, 7) is 0. The van der Waals surface area contributed by atoms with E-state index in [1.807, 2.05) is 13.1 Å². The van der Waals surface area contributed by atoms with Crippen molar-refractivity contribution in [2.24, 2.45) is 7.05 Å². The number of aromatic nitrogens is 4. The van der Waals surface area contributed by atoms with Gasteiger partial charge in [-0.25, -0.2) is 9.97 Å². The first-order chi connectivity index (χ1) is 8.16. The average molecular weight is 294 g/mol. The van der Waals surface area contributed by atoms with E-state index < -0.39 is 0 Å². The lowest BCUT2D eigenvalue weighted by molar-refractivity contribution is 0.768. The Morgan fingerprint density at radius 3 is 2.76 bits per heavy atom. The summed E-state index contributed by atoms with van der Waals surface area (Å²) in [5.74, 6) is 1.67. The number of nitrogens with zero attached hydrogens (tertiary/aromatic N) is 4. The molecule has 0 unspecified atom stereocenters. The van der Waals surface area contributed by atoms with Crippen molar-refractivity contribution in [1.29, 1.82) is 0 Å². The molecular weight excluding hydrogens is 282 g/mol. The van der Waals surface area contributed by atoms with Crippen molar-refractivity contribution in [3.63, 3.8) is 0 Å². The van der Waals surface area contributed by atoms with Crippen LogP contribution in [0.15, 0.2) is 16.7 Å². The quantitative estimate of drug-likeness (QED) is 0.921. The molecule has 2 heterocycles. The molecule has 3 rings (SSSR count). The van der Waals surface area contributed by atoms with Gasteiger partial charge in [0.1, 0.15) is 11.5 Å². The lowest BCUT2D eigenvalue weighted by atomic mass is 10.2. The lowest BCUT2D eigenvalue weighted by Gasteiger charge is -2.08.